The Hall–Kier alpha value is -0.650. The Labute approximate surface area is 129 Å². The SMILES string of the molecule is CC1CC(C)C(C(=O)NCCN2CCN(C)CC2)CC1N. The third kappa shape index (κ3) is 4.66. The van der Waals surface area contributed by atoms with Gasteiger partial charge in [-0.15, -0.1) is 0 Å². The van der Waals surface area contributed by atoms with Crippen molar-refractivity contribution in [3.63, 3.8) is 0 Å². The lowest BCUT2D eigenvalue weighted by Crippen LogP contribution is -2.49. The summed E-state index contributed by atoms with van der Waals surface area (Å²) in [5.74, 6) is 1.29. The topological polar surface area (TPSA) is 61.6 Å². The quantitative estimate of drug-likeness (QED) is 0.786. The molecule has 0 bridgehead atoms. The highest BCUT2D eigenvalue weighted by molar-refractivity contribution is 5.79. The molecule has 1 saturated carbocycles. The van der Waals surface area contributed by atoms with Crippen LogP contribution >= 0.6 is 0 Å². The second-order valence-corrected chi connectivity index (χ2v) is 7.13. The summed E-state index contributed by atoms with van der Waals surface area (Å²) in [4.78, 5) is 17.1. The molecular formula is C16H32N4O. The van der Waals surface area contributed by atoms with Gasteiger partial charge in [0.1, 0.15) is 0 Å². The van der Waals surface area contributed by atoms with Crippen LogP contribution in [0.25, 0.3) is 0 Å². The molecule has 0 radical (unpaired) electrons. The molecule has 0 spiro atoms. The summed E-state index contributed by atoms with van der Waals surface area (Å²) in [6.07, 6.45) is 1.90. The van der Waals surface area contributed by atoms with Crippen LogP contribution < -0.4 is 11.1 Å². The van der Waals surface area contributed by atoms with E-state index < -0.39 is 0 Å². The van der Waals surface area contributed by atoms with E-state index in [4.69, 9.17) is 5.73 Å². The number of hydrogen-bond acceptors (Lipinski definition) is 4. The molecule has 4 atom stereocenters. The number of carbonyl (C=O) groups excluding carboxylic acids is 1. The maximum absolute atomic E-state index is 12.4. The fourth-order valence-corrected chi connectivity index (χ4v) is 3.59. The van der Waals surface area contributed by atoms with Crippen molar-refractivity contribution in [2.24, 2.45) is 23.5 Å². The Kier molecular flexibility index (Phi) is 6.02. The lowest BCUT2D eigenvalue weighted by molar-refractivity contribution is -0.128. The third-order valence-corrected chi connectivity index (χ3v) is 5.35. The lowest BCUT2D eigenvalue weighted by Gasteiger charge is -2.36. The van der Waals surface area contributed by atoms with Crippen LogP contribution in [-0.2, 0) is 4.79 Å². The summed E-state index contributed by atoms with van der Waals surface area (Å²) in [7, 11) is 2.16. The van der Waals surface area contributed by atoms with E-state index in [0.717, 1.165) is 52.1 Å². The molecule has 4 unspecified atom stereocenters. The number of piperazine rings is 1. The zero-order chi connectivity index (χ0) is 15.4. The highest BCUT2D eigenvalue weighted by Gasteiger charge is 2.34. The second-order valence-electron chi connectivity index (χ2n) is 7.13. The number of carbonyl (C=O) groups is 1. The van der Waals surface area contributed by atoms with Crippen LogP contribution in [0, 0.1) is 17.8 Å². The van der Waals surface area contributed by atoms with Crippen LogP contribution in [0.3, 0.4) is 0 Å². The number of nitrogens with zero attached hydrogens (tertiary/aromatic N) is 2. The number of nitrogens with one attached hydrogen (secondary N) is 1. The van der Waals surface area contributed by atoms with Gasteiger partial charge < -0.3 is 16.0 Å². The number of amides is 1. The van der Waals surface area contributed by atoms with Gasteiger partial charge in [-0.1, -0.05) is 13.8 Å². The van der Waals surface area contributed by atoms with Gasteiger partial charge in [0.15, 0.2) is 0 Å². The maximum Gasteiger partial charge on any atom is 0.223 e. The van der Waals surface area contributed by atoms with E-state index in [9.17, 15) is 4.79 Å². The molecule has 21 heavy (non-hydrogen) atoms. The van der Waals surface area contributed by atoms with Crippen LogP contribution in [-0.4, -0.2) is 68.1 Å². The average molecular weight is 296 g/mol. The van der Waals surface area contributed by atoms with E-state index in [2.05, 4.69) is 36.0 Å². The van der Waals surface area contributed by atoms with Crippen LogP contribution in [0.4, 0.5) is 0 Å². The Balaban J connectivity index is 1.69. The molecule has 3 N–H and O–H groups in total. The van der Waals surface area contributed by atoms with Crippen molar-refractivity contribution >= 4 is 5.91 Å². The minimum atomic E-state index is 0.101. The minimum absolute atomic E-state index is 0.101. The molecular weight excluding hydrogens is 264 g/mol. The highest BCUT2D eigenvalue weighted by Crippen LogP contribution is 2.32. The minimum Gasteiger partial charge on any atom is -0.355 e. The van der Waals surface area contributed by atoms with Gasteiger partial charge in [-0.05, 0) is 31.7 Å². The summed E-state index contributed by atoms with van der Waals surface area (Å²) in [5, 5.41) is 3.13. The van der Waals surface area contributed by atoms with Gasteiger partial charge >= 0.3 is 0 Å². The Bertz CT molecular complexity index is 341. The molecule has 5 heteroatoms. The molecule has 2 aliphatic rings. The molecule has 0 aromatic heterocycles. The summed E-state index contributed by atoms with van der Waals surface area (Å²) in [6, 6.07) is 0.176. The summed E-state index contributed by atoms with van der Waals surface area (Å²) < 4.78 is 0. The normalized spacial score (nSPS) is 35.6. The molecule has 1 heterocycles. The first kappa shape index (κ1) is 16.7. The zero-order valence-electron chi connectivity index (χ0n) is 13.8. The van der Waals surface area contributed by atoms with E-state index in [1.807, 2.05) is 0 Å². The van der Waals surface area contributed by atoms with E-state index in [1.165, 1.54) is 0 Å². The van der Waals surface area contributed by atoms with Crippen molar-refractivity contribution in [2.75, 3.05) is 46.3 Å². The van der Waals surface area contributed by atoms with Gasteiger partial charge in [0.25, 0.3) is 0 Å². The monoisotopic (exact) mass is 296 g/mol. The Morgan fingerprint density at radius 3 is 2.48 bits per heavy atom. The van der Waals surface area contributed by atoms with Crippen molar-refractivity contribution < 1.29 is 4.79 Å². The molecule has 1 aliphatic carbocycles. The first-order chi connectivity index (χ1) is 9.97. The number of likely N-dealkylation sites (N-methyl/N-ethyl adjacent to an activating group) is 1. The molecule has 122 valence electrons. The van der Waals surface area contributed by atoms with Gasteiger partial charge in [0, 0.05) is 51.2 Å². The summed E-state index contributed by atoms with van der Waals surface area (Å²) in [5.41, 5.74) is 6.13. The largest absolute Gasteiger partial charge is 0.355 e. The first-order valence-corrected chi connectivity index (χ1v) is 8.41. The van der Waals surface area contributed by atoms with Gasteiger partial charge in [0.2, 0.25) is 5.91 Å². The molecule has 1 aliphatic heterocycles. The predicted octanol–water partition coefficient (Wildman–Crippen LogP) is 0.360. The van der Waals surface area contributed by atoms with Crippen molar-refractivity contribution in [3.8, 4) is 0 Å². The number of hydrogen-bond donors (Lipinski definition) is 2. The predicted molar refractivity (Wildman–Crippen MR) is 86.0 cm³/mol. The first-order valence-electron chi connectivity index (χ1n) is 8.41. The fraction of sp³-hybridized carbons (Fsp3) is 0.938. The molecule has 5 nitrogen and oxygen atoms in total. The van der Waals surface area contributed by atoms with E-state index in [-0.39, 0.29) is 17.9 Å². The Morgan fingerprint density at radius 2 is 1.81 bits per heavy atom. The van der Waals surface area contributed by atoms with Crippen LogP contribution in [0.15, 0.2) is 0 Å². The third-order valence-electron chi connectivity index (χ3n) is 5.35. The van der Waals surface area contributed by atoms with Crippen molar-refractivity contribution in [2.45, 2.75) is 32.7 Å². The smallest absolute Gasteiger partial charge is 0.223 e. The Morgan fingerprint density at radius 1 is 1.14 bits per heavy atom. The number of rotatable bonds is 4. The van der Waals surface area contributed by atoms with Crippen molar-refractivity contribution in [1.82, 2.24) is 15.1 Å². The van der Waals surface area contributed by atoms with Gasteiger partial charge in [0.05, 0.1) is 0 Å². The maximum atomic E-state index is 12.4. The number of nitrogens with two attached hydrogens (primary N) is 1. The van der Waals surface area contributed by atoms with Crippen molar-refractivity contribution in [3.05, 3.63) is 0 Å². The van der Waals surface area contributed by atoms with E-state index in [0.29, 0.717) is 11.8 Å². The van der Waals surface area contributed by atoms with E-state index in [1.54, 1.807) is 0 Å². The van der Waals surface area contributed by atoms with Crippen LogP contribution in [0.2, 0.25) is 0 Å². The lowest BCUT2D eigenvalue weighted by atomic mass is 9.72. The zero-order valence-corrected chi connectivity index (χ0v) is 13.8. The van der Waals surface area contributed by atoms with Gasteiger partial charge in [-0.25, -0.2) is 0 Å². The molecule has 0 aromatic carbocycles. The standard InChI is InChI=1S/C16H32N4O/c1-12-10-13(2)15(17)11-14(12)16(21)18-4-5-20-8-6-19(3)7-9-20/h12-15H,4-11,17H2,1-3H3,(H,18,21). The van der Waals surface area contributed by atoms with Gasteiger partial charge in [-0.3, -0.25) is 9.69 Å². The molecule has 2 fully saturated rings. The molecule has 1 amide bonds. The molecule has 1 saturated heterocycles. The summed E-state index contributed by atoms with van der Waals surface area (Å²) >= 11 is 0. The van der Waals surface area contributed by atoms with Crippen LogP contribution in [0.1, 0.15) is 26.7 Å². The average Bonchev–Trinajstić information content (AvgIpc) is 2.45. The highest BCUT2D eigenvalue weighted by atomic mass is 16.1. The second kappa shape index (κ2) is 7.56. The fourth-order valence-electron chi connectivity index (χ4n) is 3.59. The molecule has 0 aromatic rings. The van der Waals surface area contributed by atoms with Crippen molar-refractivity contribution in [1.29, 1.82) is 0 Å². The van der Waals surface area contributed by atoms with Crippen LogP contribution in [0.5, 0.6) is 0 Å². The summed E-state index contributed by atoms with van der Waals surface area (Å²) in [6.45, 7) is 10.6. The molecule has 2 rings (SSSR count). The van der Waals surface area contributed by atoms with Gasteiger partial charge in [-0.2, -0.15) is 0 Å². The van der Waals surface area contributed by atoms with E-state index >= 15 is 0 Å².